The lowest BCUT2D eigenvalue weighted by molar-refractivity contribution is 0.420. The van der Waals surface area contributed by atoms with E-state index in [0.29, 0.717) is 0 Å². The van der Waals surface area contributed by atoms with Crippen molar-refractivity contribution in [3.8, 4) is 12.3 Å². The highest BCUT2D eigenvalue weighted by Crippen LogP contribution is 2.19. The van der Waals surface area contributed by atoms with Crippen molar-refractivity contribution < 1.29 is 0 Å². The summed E-state index contributed by atoms with van der Waals surface area (Å²) in [7, 11) is 0. The third-order valence-corrected chi connectivity index (χ3v) is 2.29. The Labute approximate surface area is 68.9 Å². The molecule has 1 N–H and O–H groups in total. The highest BCUT2D eigenvalue weighted by atomic mass is 14.9. The lowest BCUT2D eigenvalue weighted by Gasteiger charge is -2.22. The summed E-state index contributed by atoms with van der Waals surface area (Å²) >= 11 is 0. The molecule has 0 amide bonds. The summed E-state index contributed by atoms with van der Waals surface area (Å²) in [6.07, 6.45) is 9.57. The fraction of sp³-hybridized carbons (Fsp3) is 0.600. The zero-order valence-electron chi connectivity index (χ0n) is 7.06. The fourth-order valence-corrected chi connectivity index (χ4v) is 1.53. The van der Waals surface area contributed by atoms with Crippen molar-refractivity contribution in [2.75, 3.05) is 13.1 Å². The Bertz CT molecular complexity index is 180. The zero-order chi connectivity index (χ0) is 8.10. The summed E-state index contributed by atoms with van der Waals surface area (Å²) in [5.41, 5.74) is 1.37. The van der Waals surface area contributed by atoms with Crippen molar-refractivity contribution in [1.29, 1.82) is 0 Å². The zero-order valence-corrected chi connectivity index (χ0v) is 7.06. The quantitative estimate of drug-likeness (QED) is 0.558. The normalized spacial score (nSPS) is 21.3. The lowest BCUT2D eigenvalue weighted by atomic mass is 9.91. The monoisotopic (exact) mass is 149 g/mol. The van der Waals surface area contributed by atoms with Gasteiger partial charge in [0.25, 0.3) is 0 Å². The van der Waals surface area contributed by atoms with Gasteiger partial charge in [0.05, 0.1) is 0 Å². The van der Waals surface area contributed by atoms with Gasteiger partial charge in [0, 0.05) is 0 Å². The van der Waals surface area contributed by atoms with Gasteiger partial charge < -0.3 is 5.32 Å². The third kappa shape index (κ3) is 2.40. The lowest BCUT2D eigenvalue weighted by Crippen LogP contribution is -2.28. The molecule has 1 heterocycles. The molecule has 1 fully saturated rings. The molecule has 0 saturated carbocycles. The van der Waals surface area contributed by atoms with Gasteiger partial charge in [-0.3, -0.25) is 0 Å². The van der Waals surface area contributed by atoms with E-state index in [4.69, 9.17) is 6.42 Å². The molecule has 1 saturated heterocycles. The maximum Gasteiger partial charge on any atom is -0.00432 e. The van der Waals surface area contributed by atoms with E-state index in [1.54, 1.807) is 0 Å². The number of nitrogens with one attached hydrogen (secondary N) is 1. The molecule has 0 aromatic rings. The van der Waals surface area contributed by atoms with Gasteiger partial charge in [-0.25, -0.2) is 0 Å². The molecule has 1 nitrogen and oxygen atoms in total. The molecule has 1 rings (SSSR count). The molecule has 1 heteroatoms. The number of allylic oxidation sites excluding steroid dienone is 2. The molecule has 60 valence electrons. The van der Waals surface area contributed by atoms with Crippen molar-refractivity contribution in [3.05, 3.63) is 11.6 Å². The van der Waals surface area contributed by atoms with E-state index in [2.05, 4.69) is 18.2 Å². The van der Waals surface area contributed by atoms with E-state index in [0.717, 1.165) is 19.0 Å². The minimum absolute atomic E-state index is 0.729. The maximum absolute atomic E-state index is 5.19. The van der Waals surface area contributed by atoms with Crippen molar-refractivity contribution in [1.82, 2.24) is 5.32 Å². The van der Waals surface area contributed by atoms with Crippen LogP contribution in [0.2, 0.25) is 0 Å². The van der Waals surface area contributed by atoms with Crippen LogP contribution in [0.4, 0.5) is 0 Å². The van der Waals surface area contributed by atoms with Crippen LogP contribution in [-0.4, -0.2) is 13.1 Å². The summed E-state index contributed by atoms with van der Waals surface area (Å²) in [4.78, 5) is 0. The maximum atomic E-state index is 5.19. The van der Waals surface area contributed by atoms with Crippen molar-refractivity contribution >= 4 is 0 Å². The van der Waals surface area contributed by atoms with Gasteiger partial charge in [0.15, 0.2) is 0 Å². The molecule has 0 bridgehead atoms. The fourth-order valence-electron chi connectivity index (χ4n) is 1.53. The van der Waals surface area contributed by atoms with E-state index in [-0.39, 0.29) is 0 Å². The summed E-state index contributed by atoms with van der Waals surface area (Å²) in [5, 5.41) is 3.33. The van der Waals surface area contributed by atoms with Crippen molar-refractivity contribution in [2.24, 2.45) is 5.92 Å². The van der Waals surface area contributed by atoms with Gasteiger partial charge >= 0.3 is 0 Å². The van der Waals surface area contributed by atoms with Crippen LogP contribution in [0.15, 0.2) is 11.6 Å². The largest absolute Gasteiger partial charge is 0.317 e. The van der Waals surface area contributed by atoms with Gasteiger partial charge in [-0.1, -0.05) is 11.5 Å². The topological polar surface area (TPSA) is 12.0 Å². The van der Waals surface area contributed by atoms with Gasteiger partial charge in [0.1, 0.15) is 0 Å². The molecule has 1 aliphatic rings. The van der Waals surface area contributed by atoms with Crippen LogP contribution in [0.1, 0.15) is 19.8 Å². The molecule has 0 atom stereocenters. The summed E-state index contributed by atoms with van der Waals surface area (Å²) in [6.45, 7) is 4.41. The number of hydrogen-bond acceptors (Lipinski definition) is 1. The Morgan fingerprint density at radius 3 is 2.73 bits per heavy atom. The van der Waals surface area contributed by atoms with Crippen LogP contribution < -0.4 is 5.32 Å². The van der Waals surface area contributed by atoms with E-state index in [1.807, 2.05) is 6.08 Å². The van der Waals surface area contributed by atoms with Gasteiger partial charge in [-0.05, 0) is 44.8 Å². The number of rotatable bonds is 1. The van der Waals surface area contributed by atoms with Crippen LogP contribution in [0, 0.1) is 18.3 Å². The number of piperidine rings is 1. The Morgan fingerprint density at radius 1 is 1.55 bits per heavy atom. The Hall–Kier alpha value is -0.740. The first-order valence-corrected chi connectivity index (χ1v) is 4.18. The van der Waals surface area contributed by atoms with Crippen LogP contribution in [0.5, 0.6) is 0 Å². The molecule has 11 heavy (non-hydrogen) atoms. The predicted molar refractivity (Wildman–Crippen MR) is 48.2 cm³/mol. The molecule has 0 aromatic carbocycles. The Kier molecular flexibility index (Phi) is 3.19. The first kappa shape index (κ1) is 8.36. The summed E-state index contributed by atoms with van der Waals surface area (Å²) in [5.74, 6) is 3.31. The Morgan fingerprint density at radius 2 is 2.18 bits per heavy atom. The van der Waals surface area contributed by atoms with Crippen LogP contribution >= 0.6 is 0 Å². The molecular formula is C10H15N. The molecule has 0 unspecified atom stereocenters. The second kappa shape index (κ2) is 4.20. The minimum Gasteiger partial charge on any atom is -0.317 e. The van der Waals surface area contributed by atoms with Crippen molar-refractivity contribution in [2.45, 2.75) is 19.8 Å². The standard InChI is InChI=1S/C10H15N/c1-3-4-9(2)10-5-7-11-8-6-10/h1,4,10-11H,5-8H2,2H3/b9-4+. The number of hydrogen-bond donors (Lipinski definition) is 1. The average molecular weight is 149 g/mol. The van der Waals surface area contributed by atoms with Crippen molar-refractivity contribution in [3.63, 3.8) is 0 Å². The highest BCUT2D eigenvalue weighted by molar-refractivity contribution is 5.18. The molecule has 0 radical (unpaired) electrons. The first-order valence-electron chi connectivity index (χ1n) is 4.18. The molecule has 0 aromatic heterocycles. The van der Waals surface area contributed by atoms with Gasteiger partial charge in [-0.2, -0.15) is 0 Å². The molecule has 0 aliphatic carbocycles. The van der Waals surface area contributed by atoms with Gasteiger partial charge in [-0.15, -0.1) is 6.42 Å². The van der Waals surface area contributed by atoms with E-state index in [9.17, 15) is 0 Å². The van der Waals surface area contributed by atoms with Crippen LogP contribution in [0.25, 0.3) is 0 Å². The summed E-state index contributed by atoms with van der Waals surface area (Å²) in [6, 6.07) is 0. The molecule has 0 spiro atoms. The average Bonchev–Trinajstić information content (AvgIpc) is 2.07. The summed E-state index contributed by atoms with van der Waals surface area (Å²) < 4.78 is 0. The van der Waals surface area contributed by atoms with Gasteiger partial charge in [0.2, 0.25) is 0 Å². The predicted octanol–water partition coefficient (Wildman–Crippen LogP) is 1.57. The number of terminal acetylenes is 1. The molecule has 1 aliphatic heterocycles. The second-order valence-corrected chi connectivity index (χ2v) is 3.08. The van der Waals surface area contributed by atoms with E-state index in [1.165, 1.54) is 18.4 Å². The first-order chi connectivity index (χ1) is 5.34. The minimum atomic E-state index is 0.729. The Balaban J connectivity index is 2.46. The van der Waals surface area contributed by atoms with Crippen LogP contribution in [-0.2, 0) is 0 Å². The second-order valence-electron chi connectivity index (χ2n) is 3.08. The SMILES string of the molecule is C#C/C=C(\C)C1CCNCC1. The third-order valence-electron chi connectivity index (χ3n) is 2.29. The highest BCUT2D eigenvalue weighted by Gasteiger charge is 2.13. The molecular weight excluding hydrogens is 134 g/mol. The smallest absolute Gasteiger partial charge is 0.00432 e. The van der Waals surface area contributed by atoms with Crippen LogP contribution in [0.3, 0.4) is 0 Å². The van der Waals surface area contributed by atoms with E-state index < -0.39 is 0 Å². The van der Waals surface area contributed by atoms with E-state index >= 15 is 0 Å².